The van der Waals surface area contributed by atoms with Gasteiger partial charge in [-0.25, -0.2) is 4.79 Å². The summed E-state index contributed by atoms with van der Waals surface area (Å²) in [6.07, 6.45) is 1.59. The van der Waals surface area contributed by atoms with Gasteiger partial charge < -0.3 is 20.3 Å². The van der Waals surface area contributed by atoms with Gasteiger partial charge in [-0.15, -0.1) is 0 Å². The van der Waals surface area contributed by atoms with Gasteiger partial charge in [0, 0.05) is 51.4 Å². The number of nitrogens with zero attached hydrogens (tertiary/aromatic N) is 2. The maximum absolute atomic E-state index is 12.4. The van der Waals surface area contributed by atoms with Gasteiger partial charge in [-0.2, -0.15) is 0 Å². The second-order valence-electron chi connectivity index (χ2n) is 8.08. The molecule has 2 fully saturated rings. The van der Waals surface area contributed by atoms with E-state index in [9.17, 15) is 9.59 Å². The van der Waals surface area contributed by atoms with Gasteiger partial charge in [-0.05, 0) is 35.2 Å². The second-order valence-corrected chi connectivity index (χ2v) is 8.08. The molecule has 4 rings (SSSR count). The fourth-order valence-electron chi connectivity index (χ4n) is 4.02. The van der Waals surface area contributed by atoms with Crippen molar-refractivity contribution in [3.05, 3.63) is 65.2 Å². The molecule has 0 radical (unpaired) electrons. The quantitative estimate of drug-likeness (QED) is 0.720. The van der Waals surface area contributed by atoms with Crippen molar-refractivity contribution < 1.29 is 14.3 Å². The summed E-state index contributed by atoms with van der Waals surface area (Å²) in [5, 5.41) is 5.84. The molecule has 164 valence electrons. The zero-order chi connectivity index (χ0) is 21.5. The first-order valence-corrected chi connectivity index (χ1v) is 11.0. The van der Waals surface area contributed by atoms with E-state index in [-0.39, 0.29) is 11.9 Å². The number of carbonyl (C=O) groups is 2. The SMILES string of the molecule is O=C(NCc1ccccc1CN1CCOCC1)Nc1ccc(CN2CCCC2=O)cc1. The second kappa shape index (κ2) is 10.4. The van der Waals surface area contributed by atoms with Crippen LogP contribution in [0.5, 0.6) is 0 Å². The minimum atomic E-state index is -0.233. The molecule has 0 aromatic heterocycles. The van der Waals surface area contributed by atoms with Crippen LogP contribution in [0.3, 0.4) is 0 Å². The monoisotopic (exact) mass is 422 g/mol. The number of anilines is 1. The molecule has 3 amide bonds. The molecule has 7 heteroatoms. The Morgan fingerprint density at radius 1 is 0.935 bits per heavy atom. The molecular weight excluding hydrogens is 392 g/mol. The van der Waals surface area contributed by atoms with E-state index in [4.69, 9.17) is 4.74 Å². The predicted octanol–water partition coefficient (Wildman–Crippen LogP) is 2.96. The van der Waals surface area contributed by atoms with Crippen LogP contribution in [0.25, 0.3) is 0 Å². The van der Waals surface area contributed by atoms with Crippen LogP contribution < -0.4 is 10.6 Å². The molecule has 2 aliphatic heterocycles. The lowest BCUT2D eigenvalue weighted by molar-refractivity contribution is -0.128. The summed E-state index contributed by atoms with van der Waals surface area (Å²) in [6, 6.07) is 15.7. The number of likely N-dealkylation sites (tertiary alicyclic amines) is 1. The van der Waals surface area contributed by atoms with E-state index in [1.807, 2.05) is 41.3 Å². The van der Waals surface area contributed by atoms with Crippen LogP contribution in [-0.2, 0) is 29.2 Å². The number of nitrogens with one attached hydrogen (secondary N) is 2. The van der Waals surface area contributed by atoms with E-state index >= 15 is 0 Å². The molecule has 2 N–H and O–H groups in total. The van der Waals surface area contributed by atoms with Gasteiger partial charge in [0.1, 0.15) is 0 Å². The average Bonchev–Trinajstić information content (AvgIpc) is 3.19. The molecule has 7 nitrogen and oxygen atoms in total. The summed E-state index contributed by atoms with van der Waals surface area (Å²) < 4.78 is 5.42. The molecule has 0 aliphatic carbocycles. The molecule has 0 saturated carbocycles. The Kier molecular flexibility index (Phi) is 7.17. The number of benzene rings is 2. The topological polar surface area (TPSA) is 73.9 Å². The lowest BCUT2D eigenvalue weighted by Gasteiger charge is -2.27. The summed E-state index contributed by atoms with van der Waals surface area (Å²) in [6.45, 7) is 6.21. The lowest BCUT2D eigenvalue weighted by Crippen LogP contribution is -2.36. The first kappa shape index (κ1) is 21.3. The number of hydrogen-bond donors (Lipinski definition) is 2. The number of hydrogen-bond acceptors (Lipinski definition) is 4. The molecule has 2 heterocycles. The molecule has 2 aliphatic rings. The highest BCUT2D eigenvalue weighted by atomic mass is 16.5. The van der Waals surface area contributed by atoms with Crippen LogP contribution in [0.1, 0.15) is 29.5 Å². The van der Waals surface area contributed by atoms with Crippen molar-refractivity contribution in [2.75, 3.05) is 38.2 Å². The van der Waals surface area contributed by atoms with Crippen LogP contribution in [0.15, 0.2) is 48.5 Å². The Hall–Kier alpha value is -2.90. The van der Waals surface area contributed by atoms with Gasteiger partial charge in [0.15, 0.2) is 0 Å². The van der Waals surface area contributed by atoms with Gasteiger partial charge in [0.25, 0.3) is 0 Å². The fraction of sp³-hybridized carbons (Fsp3) is 0.417. The van der Waals surface area contributed by atoms with Gasteiger partial charge in [-0.1, -0.05) is 36.4 Å². The van der Waals surface area contributed by atoms with Crippen LogP contribution >= 0.6 is 0 Å². The average molecular weight is 423 g/mol. The van der Waals surface area contributed by atoms with Crippen LogP contribution in [0.2, 0.25) is 0 Å². The first-order chi connectivity index (χ1) is 15.2. The number of morpholine rings is 1. The van der Waals surface area contributed by atoms with Crippen molar-refractivity contribution >= 4 is 17.6 Å². The van der Waals surface area contributed by atoms with Crippen LogP contribution in [0, 0.1) is 0 Å². The minimum absolute atomic E-state index is 0.218. The molecule has 0 spiro atoms. The zero-order valence-corrected chi connectivity index (χ0v) is 17.8. The van der Waals surface area contributed by atoms with E-state index in [1.165, 1.54) is 5.56 Å². The highest BCUT2D eigenvalue weighted by Gasteiger charge is 2.19. The largest absolute Gasteiger partial charge is 0.379 e. The summed E-state index contributed by atoms with van der Waals surface area (Å²) in [4.78, 5) is 28.4. The molecule has 0 bridgehead atoms. The third kappa shape index (κ3) is 6.06. The molecule has 0 unspecified atom stereocenters. The third-order valence-electron chi connectivity index (χ3n) is 5.81. The van der Waals surface area contributed by atoms with Crippen LogP contribution in [0.4, 0.5) is 10.5 Å². The van der Waals surface area contributed by atoms with E-state index in [0.29, 0.717) is 19.5 Å². The Balaban J connectivity index is 1.27. The number of amides is 3. The van der Waals surface area contributed by atoms with Crippen molar-refractivity contribution in [2.45, 2.75) is 32.5 Å². The molecule has 0 atom stereocenters. The van der Waals surface area contributed by atoms with Crippen molar-refractivity contribution in [3.63, 3.8) is 0 Å². The standard InChI is InChI=1S/C24H30N4O3/c29-23-6-3-11-28(23)17-19-7-9-22(10-8-19)26-24(30)25-16-20-4-1-2-5-21(20)18-27-12-14-31-15-13-27/h1-2,4-5,7-10H,3,6,11-18H2,(H2,25,26,30). The Labute approximate surface area is 183 Å². The van der Waals surface area contributed by atoms with E-state index < -0.39 is 0 Å². The van der Waals surface area contributed by atoms with Crippen LogP contribution in [-0.4, -0.2) is 54.6 Å². The summed E-state index contributed by atoms with van der Waals surface area (Å²) in [5.74, 6) is 0.218. The number of urea groups is 1. The fourth-order valence-corrected chi connectivity index (χ4v) is 4.02. The maximum atomic E-state index is 12.4. The summed E-state index contributed by atoms with van der Waals surface area (Å²) >= 11 is 0. The van der Waals surface area contributed by atoms with Gasteiger partial charge in [0.2, 0.25) is 5.91 Å². The zero-order valence-electron chi connectivity index (χ0n) is 17.8. The summed E-state index contributed by atoms with van der Waals surface area (Å²) in [7, 11) is 0. The van der Waals surface area contributed by atoms with E-state index in [0.717, 1.165) is 62.6 Å². The molecule has 2 aromatic carbocycles. The number of rotatable bonds is 7. The van der Waals surface area contributed by atoms with E-state index in [1.54, 1.807) is 0 Å². The Bertz CT molecular complexity index is 894. The summed E-state index contributed by atoms with van der Waals surface area (Å²) in [5.41, 5.74) is 4.15. The lowest BCUT2D eigenvalue weighted by atomic mass is 10.1. The Morgan fingerprint density at radius 3 is 2.39 bits per heavy atom. The molecule has 31 heavy (non-hydrogen) atoms. The number of ether oxygens (including phenoxy) is 1. The van der Waals surface area contributed by atoms with Gasteiger partial charge in [0.05, 0.1) is 13.2 Å². The maximum Gasteiger partial charge on any atom is 0.319 e. The third-order valence-corrected chi connectivity index (χ3v) is 5.81. The molecular formula is C24H30N4O3. The van der Waals surface area contributed by atoms with Gasteiger partial charge in [-0.3, -0.25) is 9.69 Å². The van der Waals surface area contributed by atoms with Gasteiger partial charge >= 0.3 is 6.03 Å². The highest BCUT2D eigenvalue weighted by Crippen LogP contribution is 2.17. The number of carbonyl (C=O) groups excluding carboxylic acids is 2. The predicted molar refractivity (Wildman–Crippen MR) is 119 cm³/mol. The van der Waals surface area contributed by atoms with Crippen molar-refractivity contribution in [1.82, 2.24) is 15.1 Å². The smallest absolute Gasteiger partial charge is 0.319 e. The Morgan fingerprint density at radius 2 is 1.68 bits per heavy atom. The van der Waals surface area contributed by atoms with E-state index in [2.05, 4.69) is 27.7 Å². The molecule has 2 saturated heterocycles. The highest BCUT2D eigenvalue weighted by molar-refractivity contribution is 5.89. The molecule has 2 aromatic rings. The normalized spacial score (nSPS) is 17.0. The van der Waals surface area contributed by atoms with Crippen molar-refractivity contribution in [1.29, 1.82) is 0 Å². The van der Waals surface area contributed by atoms with Crippen molar-refractivity contribution in [2.24, 2.45) is 0 Å². The first-order valence-electron chi connectivity index (χ1n) is 11.0. The minimum Gasteiger partial charge on any atom is -0.379 e. The van der Waals surface area contributed by atoms with Crippen molar-refractivity contribution in [3.8, 4) is 0 Å².